The summed E-state index contributed by atoms with van der Waals surface area (Å²) < 4.78 is 5.04. The first kappa shape index (κ1) is 11.7. The molecule has 0 aliphatic rings. The Hall–Kier alpha value is -2.37. The number of benzene rings is 1. The molecule has 84 valence electrons. The highest BCUT2D eigenvalue weighted by atomic mass is 16.6. The molecule has 6 heteroatoms. The molecule has 1 aromatic rings. The maximum Gasteiger partial charge on any atom is 0.334 e. The Morgan fingerprint density at radius 3 is 2.81 bits per heavy atom. The van der Waals surface area contributed by atoms with E-state index in [-0.39, 0.29) is 23.6 Å². The third-order valence-corrected chi connectivity index (χ3v) is 1.74. The predicted molar refractivity (Wildman–Crippen MR) is 55.4 cm³/mol. The van der Waals surface area contributed by atoms with E-state index in [0.29, 0.717) is 0 Å². The molecule has 0 aliphatic carbocycles. The second kappa shape index (κ2) is 4.92. The zero-order chi connectivity index (χ0) is 12.1. The molecule has 0 radical (unpaired) electrons. The number of hydrogen-bond donors (Lipinski definition) is 1. The van der Waals surface area contributed by atoms with E-state index in [2.05, 4.69) is 6.58 Å². The van der Waals surface area contributed by atoms with Gasteiger partial charge in [-0.05, 0) is 6.07 Å². The SMILES string of the molecule is C=C(COc1cccc([N+](=O)[O-])c1)C(=O)O. The van der Waals surface area contributed by atoms with Crippen molar-refractivity contribution >= 4 is 11.7 Å². The lowest BCUT2D eigenvalue weighted by Gasteiger charge is -2.05. The molecule has 1 aromatic carbocycles. The van der Waals surface area contributed by atoms with Crippen LogP contribution in [0.3, 0.4) is 0 Å². The third kappa shape index (κ3) is 3.09. The molecule has 0 unspecified atom stereocenters. The van der Waals surface area contributed by atoms with Gasteiger partial charge in [0.15, 0.2) is 0 Å². The Kier molecular flexibility index (Phi) is 3.60. The van der Waals surface area contributed by atoms with Crippen LogP contribution in [0.1, 0.15) is 0 Å². The number of carboxylic acid groups (broad SMARTS) is 1. The summed E-state index contributed by atoms with van der Waals surface area (Å²) in [6, 6.07) is 5.49. The van der Waals surface area contributed by atoms with Crippen LogP contribution in [0.15, 0.2) is 36.4 Å². The summed E-state index contributed by atoms with van der Waals surface area (Å²) in [5.41, 5.74) is -0.232. The molecular weight excluding hydrogens is 214 g/mol. The van der Waals surface area contributed by atoms with Gasteiger partial charge < -0.3 is 9.84 Å². The average Bonchev–Trinajstić information content (AvgIpc) is 2.26. The number of nitro benzene ring substituents is 1. The van der Waals surface area contributed by atoms with Gasteiger partial charge >= 0.3 is 5.97 Å². The van der Waals surface area contributed by atoms with Crippen molar-refractivity contribution in [2.75, 3.05) is 6.61 Å². The zero-order valence-corrected chi connectivity index (χ0v) is 8.25. The van der Waals surface area contributed by atoms with Crippen LogP contribution < -0.4 is 4.74 Å². The van der Waals surface area contributed by atoms with Crippen molar-refractivity contribution < 1.29 is 19.6 Å². The van der Waals surface area contributed by atoms with Gasteiger partial charge in [0, 0.05) is 6.07 Å². The lowest BCUT2D eigenvalue weighted by atomic mass is 10.3. The largest absolute Gasteiger partial charge is 0.488 e. The maximum absolute atomic E-state index is 10.4. The highest BCUT2D eigenvalue weighted by molar-refractivity contribution is 5.86. The summed E-state index contributed by atoms with van der Waals surface area (Å²) in [5.74, 6) is -0.929. The van der Waals surface area contributed by atoms with E-state index in [1.807, 2.05) is 0 Å². The number of aliphatic carboxylic acids is 1. The lowest BCUT2D eigenvalue weighted by molar-refractivity contribution is -0.384. The predicted octanol–water partition coefficient (Wildman–Crippen LogP) is 1.61. The van der Waals surface area contributed by atoms with E-state index < -0.39 is 10.9 Å². The van der Waals surface area contributed by atoms with Crippen molar-refractivity contribution in [2.24, 2.45) is 0 Å². The van der Waals surface area contributed by atoms with Crippen molar-refractivity contribution in [3.8, 4) is 5.75 Å². The number of rotatable bonds is 5. The molecule has 16 heavy (non-hydrogen) atoms. The smallest absolute Gasteiger partial charge is 0.334 e. The van der Waals surface area contributed by atoms with Crippen molar-refractivity contribution in [3.05, 3.63) is 46.5 Å². The molecule has 0 aliphatic heterocycles. The van der Waals surface area contributed by atoms with Crippen LogP contribution in [0, 0.1) is 10.1 Å². The maximum atomic E-state index is 10.4. The second-order valence-corrected chi connectivity index (χ2v) is 2.95. The molecule has 0 saturated heterocycles. The molecule has 0 aromatic heterocycles. The lowest BCUT2D eigenvalue weighted by Crippen LogP contribution is -2.08. The molecule has 0 spiro atoms. The van der Waals surface area contributed by atoms with Crippen LogP contribution in [0.25, 0.3) is 0 Å². The molecule has 1 rings (SSSR count). The monoisotopic (exact) mass is 223 g/mol. The van der Waals surface area contributed by atoms with Crippen LogP contribution in [0.5, 0.6) is 5.75 Å². The summed E-state index contributed by atoms with van der Waals surface area (Å²) >= 11 is 0. The Labute approximate surface area is 90.9 Å². The zero-order valence-electron chi connectivity index (χ0n) is 8.25. The number of nitro groups is 1. The van der Waals surface area contributed by atoms with Gasteiger partial charge in [0.25, 0.3) is 5.69 Å². The van der Waals surface area contributed by atoms with Crippen LogP contribution in [-0.2, 0) is 4.79 Å². The van der Waals surface area contributed by atoms with E-state index in [0.717, 1.165) is 0 Å². The first-order chi connectivity index (χ1) is 7.50. The van der Waals surface area contributed by atoms with Gasteiger partial charge in [0.1, 0.15) is 12.4 Å². The summed E-state index contributed by atoms with van der Waals surface area (Å²) in [7, 11) is 0. The van der Waals surface area contributed by atoms with Gasteiger partial charge in [0.05, 0.1) is 16.6 Å². The minimum absolute atomic E-state index is 0.113. The minimum atomic E-state index is -1.16. The fourth-order valence-electron chi connectivity index (χ4n) is 0.919. The Morgan fingerprint density at radius 1 is 1.56 bits per heavy atom. The van der Waals surface area contributed by atoms with Gasteiger partial charge in [-0.2, -0.15) is 0 Å². The third-order valence-electron chi connectivity index (χ3n) is 1.74. The molecular formula is C10H9NO5. The summed E-state index contributed by atoms with van der Waals surface area (Å²) in [4.78, 5) is 20.3. The molecule has 0 bridgehead atoms. The van der Waals surface area contributed by atoms with E-state index in [1.54, 1.807) is 0 Å². The number of carboxylic acids is 1. The highest BCUT2D eigenvalue weighted by Gasteiger charge is 2.08. The normalized spacial score (nSPS) is 9.50. The van der Waals surface area contributed by atoms with Crippen molar-refractivity contribution in [1.29, 1.82) is 0 Å². The highest BCUT2D eigenvalue weighted by Crippen LogP contribution is 2.19. The quantitative estimate of drug-likeness (QED) is 0.465. The first-order valence-electron chi connectivity index (χ1n) is 4.29. The summed E-state index contributed by atoms with van der Waals surface area (Å²) in [6.07, 6.45) is 0. The van der Waals surface area contributed by atoms with Crippen molar-refractivity contribution in [3.63, 3.8) is 0 Å². The van der Waals surface area contributed by atoms with Gasteiger partial charge in [-0.25, -0.2) is 4.79 Å². The van der Waals surface area contributed by atoms with Crippen LogP contribution >= 0.6 is 0 Å². The van der Waals surface area contributed by atoms with E-state index >= 15 is 0 Å². The van der Waals surface area contributed by atoms with Crippen LogP contribution in [0.2, 0.25) is 0 Å². The Morgan fingerprint density at radius 2 is 2.25 bits per heavy atom. The standard InChI is InChI=1S/C10H9NO5/c1-7(10(12)13)6-16-9-4-2-3-8(5-9)11(14)15/h2-5H,1,6H2,(H,12,13). The van der Waals surface area contributed by atoms with Gasteiger partial charge in [-0.1, -0.05) is 12.6 Å². The summed E-state index contributed by atoms with van der Waals surface area (Å²) in [5, 5.41) is 19.0. The van der Waals surface area contributed by atoms with Crippen LogP contribution in [0.4, 0.5) is 5.69 Å². The van der Waals surface area contributed by atoms with E-state index in [4.69, 9.17) is 9.84 Å². The van der Waals surface area contributed by atoms with Gasteiger partial charge in [-0.15, -0.1) is 0 Å². The molecule has 0 heterocycles. The molecule has 6 nitrogen and oxygen atoms in total. The molecule has 0 atom stereocenters. The number of ether oxygens (including phenoxy) is 1. The molecule has 0 amide bonds. The van der Waals surface area contributed by atoms with Crippen LogP contribution in [-0.4, -0.2) is 22.6 Å². The van der Waals surface area contributed by atoms with Crippen molar-refractivity contribution in [1.82, 2.24) is 0 Å². The van der Waals surface area contributed by atoms with E-state index in [1.165, 1.54) is 24.3 Å². The fraction of sp³-hybridized carbons (Fsp3) is 0.100. The Balaban J connectivity index is 2.68. The van der Waals surface area contributed by atoms with Gasteiger partial charge in [0.2, 0.25) is 0 Å². The fourth-order valence-corrected chi connectivity index (χ4v) is 0.919. The second-order valence-electron chi connectivity index (χ2n) is 2.95. The topological polar surface area (TPSA) is 89.7 Å². The number of hydrogen-bond acceptors (Lipinski definition) is 4. The summed E-state index contributed by atoms with van der Waals surface area (Å²) in [6.45, 7) is 3.06. The molecule has 1 N–H and O–H groups in total. The number of non-ortho nitro benzene ring substituents is 1. The van der Waals surface area contributed by atoms with Crippen molar-refractivity contribution in [2.45, 2.75) is 0 Å². The molecule has 0 saturated carbocycles. The van der Waals surface area contributed by atoms with E-state index in [9.17, 15) is 14.9 Å². The Bertz CT molecular complexity index is 441. The van der Waals surface area contributed by atoms with Gasteiger partial charge in [-0.3, -0.25) is 10.1 Å². The number of carbonyl (C=O) groups is 1. The first-order valence-corrected chi connectivity index (χ1v) is 4.29. The molecule has 0 fully saturated rings. The minimum Gasteiger partial charge on any atom is -0.488 e. The average molecular weight is 223 g/mol. The number of nitrogens with zero attached hydrogens (tertiary/aromatic N) is 1.